The molecule has 1 fully saturated rings. The van der Waals surface area contributed by atoms with Gasteiger partial charge in [-0.05, 0) is 37.6 Å². The second-order valence-corrected chi connectivity index (χ2v) is 7.46. The van der Waals surface area contributed by atoms with E-state index in [1.54, 1.807) is 11.8 Å². The maximum absolute atomic E-state index is 4.45. The third-order valence-electron chi connectivity index (χ3n) is 4.04. The number of piperidine rings is 1. The fourth-order valence-electron chi connectivity index (χ4n) is 3.21. The summed E-state index contributed by atoms with van der Waals surface area (Å²) in [5, 5.41) is 11.7. The maximum atomic E-state index is 4.45. The first-order valence-corrected chi connectivity index (χ1v) is 9.13. The quantitative estimate of drug-likeness (QED) is 0.877. The lowest BCUT2D eigenvalue weighted by Gasteiger charge is -2.33. The van der Waals surface area contributed by atoms with Gasteiger partial charge in [0.1, 0.15) is 17.7 Å². The molecule has 0 spiro atoms. The largest absolute Gasteiger partial charge is 0.315 e. The maximum Gasteiger partial charge on any atom is 0.210 e. The number of nitrogens with one attached hydrogen (secondary N) is 1. The van der Waals surface area contributed by atoms with Crippen LogP contribution in [0.15, 0.2) is 17.9 Å². The number of hydrogen-bond donors (Lipinski definition) is 1. The molecule has 0 bridgehead atoms. The lowest BCUT2D eigenvalue weighted by molar-refractivity contribution is 0.157. The minimum Gasteiger partial charge on any atom is -0.315 e. The van der Waals surface area contributed by atoms with E-state index in [0.29, 0.717) is 5.92 Å². The highest BCUT2D eigenvalue weighted by Gasteiger charge is 2.21. The van der Waals surface area contributed by atoms with Crippen molar-refractivity contribution >= 4 is 22.3 Å². The third kappa shape index (κ3) is 4.94. The summed E-state index contributed by atoms with van der Waals surface area (Å²) in [6.45, 7) is 8.20. The summed E-state index contributed by atoms with van der Waals surface area (Å²) < 4.78 is 0. The van der Waals surface area contributed by atoms with Crippen LogP contribution in [-0.2, 0) is 6.42 Å². The molecule has 0 saturated carbocycles. The number of aromatic nitrogens is 4. The first-order valence-electron chi connectivity index (χ1n) is 8.25. The van der Waals surface area contributed by atoms with Gasteiger partial charge in [-0.2, -0.15) is 0 Å². The summed E-state index contributed by atoms with van der Waals surface area (Å²) in [5.74, 6) is 2.21. The van der Waals surface area contributed by atoms with Crippen molar-refractivity contribution in [3.05, 3.63) is 23.6 Å². The van der Waals surface area contributed by atoms with Gasteiger partial charge >= 0.3 is 0 Å². The van der Waals surface area contributed by atoms with Crippen molar-refractivity contribution in [2.24, 2.45) is 11.8 Å². The molecule has 6 nitrogen and oxygen atoms in total. The van der Waals surface area contributed by atoms with Crippen LogP contribution in [0.2, 0.25) is 0 Å². The summed E-state index contributed by atoms with van der Waals surface area (Å²) in [6.07, 6.45) is 5.23. The molecule has 1 aliphatic rings. The van der Waals surface area contributed by atoms with Crippen molar-refractivity contribution < 1.29 is 0 Å². The molecule has 2 aromatic heterocycles. The van der Waals surface area contributed by atoms with E-state index in [9.17, 15) is 0 Å². The van der Waals surface area contributed by atoms with E-state index in [1.807, 2.05) is 6.07 Å². The molecule has 0 aromatic carbocycles. The Morgan fingerprint density at radius 1 is 1.39 bits per heavy atom. The lowest BCUT2D eigenvalue weighted by Crippen LogP contribution is -2.38. The average Bonchev–Trinajstić information content (AvgIpc) is 3.00. The van der Waals surface area contributed by atoms with Gasteiger partial charge in [-0.1, -0.05) is 25.2 Å². The molecule has 1 N–H and O–H groups in total. The van der Waals surface area contributed by atoms with E-state index in [1.165, 1.54) is 43.8 Å². The number of anilines is 2. The number of rotatable bonds is 6. The van der Waals surface area contributed by atoms with E-state index in [0.717, 1.165) is 29.0 Å². The molecule has 3 rings (SSSR count). The second kappa shape index (κ2) is 7.79. The fourth-order valence-corrected chi connectivity index (χ4v) is 3.66. The summed E-state index contributed by atoms with van der Waals surface area (Å²) in [4.78, 5) is 11.3. The van der Waals surface area contributed by atoms with Gasteiger partial charge in [0.15, 0.2) is 0 Å². The molecule has 23 heavy (non-hydrogen) atoms. The Balaban J connectivity index is 1.59. The normalized spacial score (nSPS) is 19.2. The zero-order chi connectivity index (χ0) is 16.1. The van der Waals surface area contributed by atoms with Crippen molar-refractivity contribution in [2.45, 2.75) is 33.1 Å². The SMILES string of the molecule is CC(C)CN1CCCC(Cc2cc(Nc3nncs3)ncn2)C1. The van der Waals surface area contributed by atoms with Crippen LogP contribution < -0.4 is 5.32 Å². The molecule has 124 valence electrons. The Bertz CT molecular complexity index is 600. The van der Waals surface area contributed by atoms with Gasteiger partial charge in [0.25, 0.3) is 0 Å². The third-order valence-corrected chi connectivity index (χ3v) is 4.65. The molecule has 2 aromatic rings. The Hall–Kier alpha value is -1.60. The van der Waals surface area contributed by atoms with Gasteiger partial charge in [0, 0.05) is 24.8 Å². The topological polar surface area (TPSA) is 66.8 Å². The molecule has 1 aliphatic heterocycles. The number of nitrogens with zero attached hydrogens (tertiary/aromatic N) is 5. The average molecular weight is 332 g/mol. The Morgan fingerprint density at radius 2 is 2.30 bits per heavy atom. The minimum absolute atomic E-state index is 0.687. The van der Waals surface area contributed by atoms with Gasteiger partial charge < -0.3 is 10.2 Å². The van der Waals surface area contributed by atoms with Crippen molar-refractivity contribution in [3.8, 4) is 0 Å². The molecule has 1 unspecified atom stereocenters. The van der Waals surface area contributed by atoms with Gasteiger partial charge in [-0.3, -0.25) is 0 Å². The summed E-state index contributed by atoms with van der Waals surface area (Å²) in [7, 11) is 0. The van der Waals surface area contributed by atoms with Crippen molar-refractivity contribution in [3.63, 3.8) is 0 Å². The lowest BCUT2D eigenvalue weighted by atomic mass is 9.92. The van der Waals surface area contributed by atoms with Gasteiger partial charge in [-0.25, -0.2) is 9.97 Å². The van der Waals surface area contributed by atoms with E-state index in [4.69, 9.17) is 0 Å². The Labute approximate surface area is 141 Å². The van der Waals surface area contributed by atoms with Crippen molar-refractivity contribution in [2.75, 3.05) is 25.0 Å². The molecular formula is C16H24N6S. The van der Waals surface area contributed by atoms with E-state index in [2.05, 4.69) is 44.2 Å². The fraction of sp³-hybridized carbons (Fsp3) is 0.625. The zero-order valence-electron chi connectivity index (χ0n) is 13.8. The van der Waals surface area contributed by atoms with Gasteiger partial charge in [0.2, 0.25) is 5.13 Å². The highest BCUT2D eigenvalue weighted by Crippen LogP contribution is 2.22. The molecule has 7 heteroatoms. The van der Waals surface area contributed by atoms with Gasteiger partial charge in [0.05, 0.1) is 0 Å². The van der Waals surface area contributed by atoms with E-state index in [-0.39, 0.29) is 0 Å². The predicted octanol–water partition coefficient (Wildman–Crippen LogP) is 2.98. The van der Waals surface area contributed by atoms with Crippen LogP contribution in [0.5, 0.6) is 0 Å². The summed E-state index contributed by atoms with van der Waals surface area (Å²) in [5.41, 5.74) is 2.80. The van der Waals surface area contributed by atoms with E-state index < -0.39 is 0 Å². The van der Waals surface area contributed by atoms with E-state index >= 15 is 0 Å². The minimum atomic E-state index is 0.687. The summed E-state index contributed by atoms with van der Waals surface area (Å²) in [6, 6.07) is 2.03. The van der Waals surface area contributed by atoms with Crippen LogP contribution >= 0.6 is 11.3 Å². The standard InChI is InChI=1S/C16H24N6S/c1-12(2)8-22-5-3-4-13(9-22)6-14-7-15(18-10-17-14)20-16-21-19-11-23-16/h7,10-13H,3-6,8-9H2,1-2H3,(H,17,18,20,21). The second-order valence-electron chi connectivity index (χ2n) is 6.63. The monoisotopic (exact) mass is 332 g/mol. The molecular weight excluding hydrogens is 308 g/mol. The van der Waals surface area contributed by atoms with Crippen molar-refractivity contribution in [1.82, 2.24) is 25.1 Å². The summed E-state index contributed by atoms with van der Waals surface area (Å²) >= 11 is 1.46. The number of likely N-dealkylation sites (tertiary alicyclic amines) is 1. The number of hydrogen-bond acceptors (Lipinski definition) is 7. The van der Waals surface area contributed by atoms with Crippen LogP contribution in [0.4, 0.5) is 10.9 Å². The Kier molecular flexibility index (Phi) is 5.51. The highest BCUT2D eigenvalue weighted by molar-refractivity contribution is 7.13. The molecule has 0 aliphatic carbocycles. The molecule has 1 saturated heterocycles. The van der Waals surface area contributed by atoms with Crippen LogP contribution in [0.3, 0.4) is 0 Å². The predicted molar refractivity (Wildman–Crippen MR) is 92.9 cm³/mol. The van der Waals surface area contributed by atoms with Gasteiger partial charge in [-0.15, -0.1) is 10.2 Å². The van der Waals surface area contributed by atoms with Crippen LogP contribution in [-0.4, -0.2) is 44.7 Å². The first-order chi connectivity index (χ1) is 11.2. The molecule has 0 amide bonds. The van der Waals surface area contributed by atoms with Crippen LogP contribution in [0.25, 0.3) is 0 Å². The smallest absolute Gasteiger partial charge is 0.210 e. The first kappa shape index (κ1) is 16.3. The molecule has 3 heterocycles. The van der Waals surface area contributed by atoms with Crippen molar-refractivity contribution in [1.29, 1.82) is 0 Å². The molecule has 1 atom stereocenters. The van der Waals surface area contributed by atoms with Crippen LogP contribution in [0.1, 0.15) is 32.4 Å². The Morgan fingerprint density at radius 3 is 3.09 bits per heavy atom. The zero-order valence-corrected chi connectivity index (χ0v) is 14.6. The molecule has 0 radical (unpaired) electrons. The highest BCUT2D eigenvalue weighted by atomic mass is 32.1. The van der Waals surface area contributed by atoms with Crippen LogP contribution in [0, 0.1) is 11.8 Å².